The summed E-state index contributed by atoms with van der Waals surface area (Å²) in [6.45, 7) is 11.2. The van der Waals surface area contributed by atoms with E-state index in [0.29, 0.717) is 5.41 Å². The summed E-state index contributed by atoms with van der Waals surface area (Å²) in [5, 5.41) is 0. The summed E-state index contributed by atoms with van der Waals surface area (Å²) in [6.07, 6.45) is 9.47. The van der Waals surface area contributed by atoms with E-state index in [1.54, 1.807) is 0 Å². The Balaban J connectivity index is 1.97. The molecule has 0 amide bonds. The van der Waals surface area contributed by atoms with E-state index in [2.05, 4.69) is 23.6 Å². The number of nitrogens with zero attached hydrogens (tertiary/aromatic N) is 2. The molecule has 2 heterocycles. The van der Waals surface area contributed by atoms with Gasteiger partial charge in [0, 0.05) is 19.1 Å². The van der Waals surface area contributed by atoms with Crippen molar-refractivity contribution in [2.75, 3.05) is 38.5 Å². The fourth-order valence-corrected chi connectivity index (χ4v) is 4.87. The van der Waals surface area contributed by atoms with Gasteiger partial charge in [0.05, 0.1) is 0 Å². The van der Waals surface area contributed by atoms with Crippen LogP contribution in [0.15, 0.2) is 0 Å². The predicted octanol–water partition coefficient (Wildman–Crippen LogP) is 3.67. The molecule has 2 fully saturated rings. The van der Waals surface area contributed by atoms with Gasteiger partial charge in [0.15, 0.2) is 0 Å². The molecule has 3 heteroatoms. The quantitative estimate of drug-likeness (QED) is 0.716. The molecule has 0 spiro atoms. The van der Waals surface area contributed by atoms with Crippen LogP contribution in [-0.2, 0) is 0 Å². The maximum atomic E-state index is 4.73. The first kappa shape index (κ1) is 16.6. The highest BCUT2D eigenvalue weighted by Gasteiger charge is 2.33. The molecule has 20 heavy (non-hydrogen) atoms. The second kappa shape index (κ2) is 8.05. The number of hydrogen-bond acceptors (Lipinski definition) is 3. The SMILES string of the molecule is CCCC(CS)(CCC)CN1CCCN2CCCC2C1. The lowest BCUT2D eigenvalue weighted by atomic mass is 9.80. The summed E-state index contributed by atoms with van der Waals surface area (Å²) in [4.78, 5) is 5.51. The molecule has 2 aliphatic rings. The highest BCUT2D eigenvalue weighted by Crippen LogP contribution is 2.33. The zero-order valence-corrected chi connectivity index (χ0v) is 14.5. The lowest BCUT2D eigenvalue weighted by molar-refractivity contribution is 0.136. The molecular weight excluding hydrogens is 264 g/mol. The maximum Gasteiger partial charge on any atom is 0.0223 e. The molecule has 0 bridgehead atoms. The average molecular weight is 299 g/mol. The van der Waals surface area contributed by atoms with Crippen molar-refractivity contribution in [3.63, 3.8) is 0 Å². The van der Waals surface area contributed by atoms with Gasteiger partial charge in [-0.15, -0.1) is 0 Å². The molecule has 2 saturated heterocycles. The molecule has 2 aliphatic heterocycles. The summed E-state index contributed by atoms with van der Waals surface area (Å²) in [7, 11) is 0. The average Bonchev–Trinajstić information content (AvgIpc) is 2.78. The zero-order chi connectivity index (χ0) is 14.4. The first-order valence-corrected chi connectivity index (χ1v) is 9.43. The lowest BCUT2D eigenvalue weighted by Crippen LogP contribution is -2.43. The van der Waals surface area contributed by atoms with Crippen molar-refractivity contribution >= 4 is 12.6 Å². The second-order valence-electron chi connectivity index (χ2n) is 7.08. The largest absolute Gasteiger partial charge is 0.301 e. The number of hydrogen-bond donors (Lipinski definition) is 1. The van der Waals surface area contributed by atoms with Crippen LogP contribution in [0.1, 0.15) is 58.8 Å². The van der Waals surface area contributed by atoms with Crippen molar-refractivity contribution in [1.29, 1.82) is 0 Å². The van der Waals surface area contributed by atoms with E-state index in [-0.39, 0.29) is 0 Å². The topological polar surface area (TPSA) is 6.48 Å². The van der Waals surface area contributed by atoms with E-state index >= 15 is 0 Å². The Hall–Kier alpha value is 0.270. The molecule has 0 saturated carbocycles. The Bertz CT molecular complexity index is 276. The molecule has 2 rings (SSSR count). The normalized spacial score (nSPS) is 25.6. The van der Waals surface area contributed by atoms with Crippen LogP contribution >= 0.6 is 12.6 Å². The monoisotopic (exact) mass is 298 g/mol. The van der Waals surface area contributed by atoms with Crippen molar-refractivity contribution in [3.8, 4) is 0 Å². The van der Waals surface area contributed by atoms with Gasteiger partial charge in [-0.25, -0.2) is 0 Å². The molecule has 0 radical (unpaired) electrons. The van der Waals surface area contributed by atoms with Gasteiger partial charge in [-0.3, -0.25) is 4.90 Å². The maximum absolute atomic E-state index is 4.73. The molecule has 0 aromatic heterocycles. The van der Waals surface area contributed by atoms with Crippen molar-refractivity contribution in [3.05, 3.63) is 0 Å². The van der Waals surface area contributed by atoms with E-state index in [4.69, 9.17) is 12.6 Å². The van der Waals surface area contributed by atoms with E-state index in [1.165, 1.54) is 77.7 Å². The minimum atomic E-state index is 0.459. The van der Waals surface area contributed by atoms with Crippen LogP contribution in [-0.4, -0.2) is 54.3 Å². The van der Waals surface area contributed by atoms with Crippen LogP contribution in [0.3, 0.4) is 0 Å². The molecule has 0 aromatic carbocycles. The van der Waals surface area contributed by atoms with Gasteiger partial charge in [0.25, 0.3) is 0 Å². The molecule has 1 atom stereocenters. The molecule has 0 aromatic rings. The molecular formula is C17H34N2S. The van der Waals surface area contributed by atoms with Gasteiger partial charge >= 0.3 is 0 Å². The Labute approximate surface area is 131 Å². The van der Waals surface area contributed by atoms with Crippen molar-refractivity contribution in [2.24, 2.45) is 5.41 Å². The van der Waals surface area contributed by atoms with Crippen LogP contribution in [0.4, 0.5) is 0 Å². The summed E-state index contributed by atoms with van der Waals surface area (Å²) >= 11 is 4.73. The molecule has 0 aliphatic carbocycles. The fraction of sp³-hybridized carbons (Fsp3) is 1.00. The number of rotatable bonds is 7. The Morgan fingerprint density at radius 2 is 1.75 bits per heavy atom. The van der Waals surface area contributed by atoms with Gasteiger partial charge in [-0.05, 0) is 62.9 Å². The highest BCUT2D eigenvalue weighted by molar-refractivity contribution is 7.80. The van der Waals surface area contributed by atoms with Crippen molar-refractivity contribution in [1.82, 2.24) is 9.80 Å². The zero-order valence-electron chi connectivity index (χ0n) is 13.6. The van der Waals surface area contributed by atoms with Crippen LogP contribution in [0, 0.1) is 5.41 Å². The summed E-state index contributed by atoms with van der Waals surface area (Å²) < 4.78 is 0. The number of thiol groups is 1. The van der Waals surface area contributed by atoms with Gasteiger partial charge in [0.2, 0.25) is 0 Å². The summed E-state index contributed by atoms with van der Waals surface area (Å²) in [6, 6.07) is 0.846. The highest BCUT2D eigenvalue weighted by atomic mass is 32.1. The minimum Gasteiger partial charge on any atom is -0.301 e. The third-order valence-corrected chi connectivity index (χ3v) is 6.01. The lowest BCUT2D eigenvalue weighted by Gasteiger charge is -2.38. The Kier molecular flexibility index (Phi) is 6.70. The molecule has 0 N–H and O–H groups in total. The van der Waals surface area contributed by atoms with E-state index in [9.17, 15) is 0 Å². The number of fused-ring (bicyclic) bond motifs is 1. The van der Waals surface area contributed by atoms with Crippen molar-refractivity contribution < 1.29 is 0 Å². The standard InChI is InChI=1S/C17H34N2S/c1-3-8-17(15-20,9-4-2)14-18-10-6-12-19-11-5-7-16(19)13-18/h16,20H,3-15H2,1-2H3. The first-order valence-electron chi connectivity index (χ1n) is 8.80. The van der Waals surface area contributed by atoms with Crippen LogP contribution < -0.4 is 0 Å². The van der Waals surface area contributed by atoms with E-state index < -0.39 is 0 Å². The third kappa shape index (κ3) is 4.14. The molecule has 1 unspecified atom stereocenters. The van der Waals surface area contributed by atoms with Crippen LogP contribution in [0.5, 0.6) is 0 Å². The Morgan fingerprint density at radius 1 is 1.05 bits per heavy atom. The van der Waals surface area contributed by atoms with Gasteiger partial charge in [-0.1, -0.05) is 26.7 Å². The first-order chi connectivity index (χ1) is 9.73. The Morgan fingerprint density at radius 3 is 2.40 bits per heavy atom. The molecule has 118 valence electrons. The predicted molar refractivity (Wildman–Crippen MR) is 91.8 cm³/mol. The van der Waals surface area contributed by atoms with Gasteiger partial charge in [0.1, 0.15) is 0 Å². The third-order valence-electron chi connectivity index (χ3n) is 5.34. The fourth-order valence-electron chi connectivity index (χ4n) is 4.45. The van der Waals surface area contributed by atoms with E-state index in [0.717, 1.165) is 11.8 Å². The van der Waals surface area contributed by atoms with Crippen molar-refractivity contribution in [2.45, 2.75) is 64.8 Å². The second-order valence-corrected chi connectivity index (χ2v) is 7.40. The van der Waals surface area contributed by atoms with Crippen LogP contribution in [0.25, 0.3) is 0 Å². The van der Waals surface area contributed by atoms with Gasteiger partial charge < -0.3 is 4.90 Å². The molecule has 2 nitrogen and oxygen atoms in total. The summed E-state index contributed by atoms with van der Waals surface area (Å²) in [5.74, 6) is 1.06. The van der Waals surface area contributed by atoms with Gasteiger partial charge in [-0.2, -0.15) is 12.6 Å². The minimum absolute atomic E-state index is 0.459. The summed E-state index contributed by atoms with van der Waals surface area (Å²) in [5.41, 5.74) is 0.459. The smallest absolute Gasteiger partial charge is 0.0223 e. The van der Waals surface area contributed by atoms with E-state index in [1.807, 2.05) is 0 Å². The van der Waals surface area contributed by atoms with Crippen LogP contribution in [0.2, 0.25) is 0 Å².